The van der Waals surface area contributed by atoms with Crippen LogP contribution in [0.4, 0.5) is 0 Å². The van der Waals surface area contributed by atoms with E-state index in [4.69, 9.17) is 16.7 Å². The van der Waals surface area contributed by atoms with Gasteiger partial charge in [0, 0.05) is 4.47 Å². The largest absolute Gasteiger partial charge is 0.481 e. The fourth-order valence-electron chi connectivity index (χ4n) is 1.26. The van der Waals surface area contributed by atoms with Crippen molar-refractivity contribution in [2.75, 3.05) is 5.75 Å². The molecule has 0 saturated heterocycles. The molecule has 8 heteroatoms. The molecule has 0 unspecified atom stereocenters. The molecular formula is C10H7BrClN3O2S. The fourth-order valence-corrected chi connectivity index (χ4v) is 2.39. The van der Waals surface area contributed by atoms with Gasteiger partial charge in [-0.05, 0) is 34.1 Å². The lowest BCUT2D eigenvalue weighted by Crippen LogP contribution is -2.01. The van der Waals surface area contributed by atoms with Gasteiger partial charge in [-0.15, -0.1) is 10.2 Å². The van der Waals surface area contributed by atoms with Gasteiger partial charge in [0.25, 0.3) is 0 Å². The maximum Gasteiger partial charge on any atom is 0.313 e. The molecule has 0 amide bonds. The van der Waals surface area contributed by atoms with Crippen molar-refractivity contribution in [3.05, 3.63) is 34.0 Å². The molecule has 0 bridgehead atoms. The van der Waals surface area contributed by atoms with Gasteiger partial charge >= 0.3 is 5.97 Å². The van der Waals surface area contributed by atoms with Crippen molar-refractivity contribution in [2.24, 2.45) is 0 Å². The average Bonchev–Trinajstić information content (AvgIpc) is 2.78. The van der Waals surface area contributed by atoms with Crippen LogP contribution in [-0.4, -0.2) is 31.6 Å². The number of benzene rings is 1. The quantitative estimate of drug-likeness (QED) is 0.861. The molecule has 0 saturated carbocycles. The minimum atomic E-state index is -0.896. The molecule has 0 aliphatic rings. The maximum atomic E-state index is 10.5. The zero-order valence-electron chi connectivity index (χ0n) is 8.88. The highest BCUT2D eigenvalue weighted by atomic mass is 79.9. The van der Waals surface area contributed by atoms with E-state index in [9.17, 15) is 4.79 Å². The van der Waals surface area contributed by atoms with Gasteiger partial charge in [0.1, 0.15) is 6.33 Å². The molecule has 1 heterocycles. The Morgan fingerprint density at radius 2 is 2.33 bits per heavy atom. The molecule has 1 aromatic heterocycles. The third-order valence-corrected chi connectivity index (χ3v) is 4.16. The Labute approximate surface area is 120 Å². The van der Waals surface area contributed by atoms with Gasteiger partial charge in [-0.3, -0.25) is 9.36 Å². The van der Waals surface area contributed by atoms with Gasteiger partial charge in [0.15, 0.2) is 5.16 Å². The van der Waals surface area contributed by atoms with Gasteiger partial charge in [0.05, 0.1) is 16.5 Å². The van der Waals surface area contributed by atoms with Gasteiger partial charge in [0.2, 0.25) is 0 Å². The number of carboxylic acids is 1. The van der Waals surface area contributed by atoms with E-state index < -0.39 is 5.97 Å². The highest BCUT2D eigenvalue weighted by Crippen LogP contribution is 2.27. The molecule has 0 aliphatic carbocycles. The Morgan fingerprint density at radius 1 is 1.56 bits per heavy atom. The fraction of sp³-hybridized carbons (Fsp3) is 0.100. The van der Waals surface area contributed by atoms with Crippen molar-refractivity contribution >= 4 is 45.3 Å². The monoisotopic (exact) mass is 347 g/mol. The van der Waals surface area contributed by atoms with Crippen molar-refractivity contribution in [2.45, 2.75) is 5.16 Å². The van der Waals surface area contributed by atoms with Crippen molar-refractivity contribution in [3.63, 3.8) is 0 Å². The highest BCUT2D eigenvalue weighted by Gasteiger charge is 2.10. The third kappa shape index (κ3) is 3.04. The minimum Gasteiger partial charge on any atom is -0.481 e. The van der Waals surface area contributed by atoms with E-state index >= 15 is 0 Å². The first-order valence-electron chi connectivity index (χ1n) is 4.78. The molecule has 0 radical (unpaired) electrons. The minimum absolute atomic E-state index is 0.0621. The van der Waals surface area contributed by atoms with E-state index in [1.165, 1.54) is 6.33 Å². The number of carbonyl (C=O) groups is 1. The topological polar surface area (TPSA) is 68.0 Å². The van der Waals surface area contributed by atoms with Crippen LogP contribution in [-0.2, 0) is 4.79 Å². The second-order valence-corrected chi connectivity index (χ2v) is 5.47. The zero-order chi connectivity index (χ0) is 13.1. The molecule has 18 heavy (non-hydrogen) atoms. The number of carboxylic acid groups (broad SMARTS) is 1. The van der Waals surface area contributed by atoms with Crippen molar-refractivity contribution < 1.29 is 9.90 Å². The smallest absolute Gasteiger partial charge is 0.313 e. The Morgan fingerprint density at radius 3 is 3.00 bits per heavy atom. The van der Waals surface area contributed by atoms with Crippen LogP contribution in [0, 0.1) is 0 Å². The number of nitrogens with zero attached hydrogens (tertiary/aromatic N) is 3. The highest BCUT2D eigenvalue weighted by molar-refractivity contribution is 9.10. The normalized spacial score (nSPS) is 10.6. The summed E-state index contributed by atoms with van der Waals surface area (Å²) in [6.07, 6.45) is 1.53. The van der Waals surface area contributed by atoms with Crippen LogP contribution in [0.3, 0.4) is 0 Å². The zero-order valence-corrected chi connectivity index (χ0v) is 12.0. The summed E-state index contributed by atoms with van der Waals surface area (Å²) in [5, 5.41) is 17.4. The summed E-state index contributed by atoms with van der Waals surface area (Å²) < 4.78 is 2.46. The molecule has 2 rings (SSSR count). The number of aromatic nitrogens is 3. The van der Waals surface area contributed by atoms with Crippen LogP contribution in [0.1, 0.15) is 0 Å². The van der Waals surface area contributed by atoms with Crippen LogP contribution >= 0.6 is 39.3 Å². The molecular weight excluding hydrogens is 342 g/mol. The number of hydrogen-bond acceptors (Lipinski definition) is 4. The summed E-state index contributed by atoms with van der Waals surface area (Å²) in [5.74, 6) is -0.958. The molecule has 2 aromatic rings. The van der Waals surface area contributed by atoms with Gasteiger partial charge in [-0.1, -0.05) is 23.4 Å². The van der Waals surface area contributed by atoms with E-state index in [0.29, 0.717) is 10.2 Å². The number of hydrogen-bond donors (Lipinski definition) is 1. The predicted octanol–water partition coefficient (Wildman–Crippen LogP) is 2.86. The van der Waals surface area contributed by atoms with E-state index in [1.54, 1.807) is 16.7 Å². The molecule has 0 atom stereocenters. The molecule has 5 nitrogen and oxygen atoms in total. The number of aliphatic carboxylic acids is 1. The lowest BCUT2D eigenvalue weighted by Gasteiger charge is -2.06. The van der Waals surface area contributed by atoms with Crippen molar-refractivity contribution in [3.8, 4) is 5.69 Å². The van der Waals surface area contributed by atoms with Crippen LogP contribution in [0.5, 0.6) is 0 Å². The second kappa shape index (κ2) is 5.73. The maximum absolute atomic E-state index is 10.5. The van der Waals surface area contributed by atoms with Crippen molar-refractivity contribution in [1.82, 2.24) is 14.8 Å². The lowest BCUT2D eigenvalue weighted by molar-refractivity contribution is -0.133. The molecule has 1 N–H and O–H groups in total. The second-order valence-electron chi connectivity index (χ2n) is 3.26. The summed E-state index contributed by atoms with van der Waals surface area (Å²) in [4.78, 5) is 10.5. The molecule has 94 valence electrons. The number of halogens is 2. The lowest BCUT2D eigenvalue weighted by atomic mass is 10.3. The van der Waals surface area contributed by atoms with Crippen LogP contribution in [0.15, 0.2) is 34.2 Å². The molecule has 0 aliphatic heterocycles. The summed E-state index contributed by atoms with van der Waals surface area (Å²) in [5.41, 5.74) is 0.809. The van der Waals surface area contributed by atoms with E-state index in [-0.39, 0.29) is 5.75 Å². The molecule has 0 spiro atoms. The number of thioether (sulfide) groups is 1. The standard InChI is InChI=1S/C10H7BrClN3O2S/c11-7-3-6(1-2-8(7)12)15-5-13-14-10(15)18-4-9(16)17/h1-3,5H,4H2,(H,16,17). The molecule has 1 aromatic carbocycles. The van der Waals surface area contributed by atoms with Gasteiger partial charge in [-0.2, -0.15) is 0 Å². The van der Waals surface area contributed by atoms with E-state index in [2.05, 4.69) is 26.1 Å². The summed E-state index contributed by atoms with van der Waals surface area (Å²) >= 11 is 10.4. The van der Waals surface area contributed by atoms with Gasteiger partial charge < -0.3 is 5.11 Å². The summed E-state index contributed by atoms with van der Waals surface area (Å²) in [6.45, 7) is 0. The van der Waals surface area contributed by atoms with E-state index in [0.717, 1.165) is 21.9 Å². The van der Waals surface area contributed by atoms with Gasteiger partial charge in [-0.25, -0.2) is 0 Å². The van der Waals surface area contributed by atoms with Crippen molar-refractivity contribution in [1.29, 1.82) is 0 Å². The van der Waals surface area contributed by atoms with E-state index in [1.807, 2.05) is 6.07 Å². The van der Waals surface area contributed by atoms with Crippen LogP contribution in [0.25, 0.3) is 5.69 Å². The Kier molecular flexibility index (Phi) is 4.26. The van der Waals surface area contributed by atoms with Crippen LogP contribution in [0.2, 0.25) is 5.02 Å². The Balaban J connectivity index is 2.30. The first-order chi connectivity index (χ1) is 8.58. The predicted molar refractivity (Wildman–Crippen MR) is 72.4 cm³/mol. The average molecular weight is 349 g/mol. The summed E-state index contributed by atoms with van der Waals surface area (Å²) in [6, 6.07) is 5.37. The Hall–Kier alpha value is -1.05. The van der Waals surface area contributed by atoms with Crippen LogP contribution < -0.4 is 0 Å². The first-order valence-corrected chi connectivity index (χ1v) is 6.93. The number of rotatable bonds is 4. The Bertz CT molecular complexity index is 590. The third-order valence-electron chi connectivity index (χ3n) is 2.02. The summed E-state index contributed by atoms with van der Waals surface area (Å²) in [7, 11) is 0. The SMILES string of the molecule is O=C(O)CSc1nncn1-c1ccc(Cl)c(Br)c1. The molecule has 0 fully saturated rings. The first kappa shape index (κ1) is 13.4.